The van der Waals surface area contributed by atoms with Gasteiger partial charge in [0.1, 0.15) is 18.1 Å². The number of benzene rings is 1. The molecule has 1 aromatic carbocycles. The molecule has 12 heteroatoms. The first kappa shape index (κ1) is 31.3. The van der Waals surface area contributed by atoms with E-state index in [0.29, 0.717) is 6.42 Å². The van der Waals surface area contributed by atoms with Gasteiger partial charge < -0.3 is 36.9 Å². The van der Waals surface area contributed by atoms with E-state index in [1.165, 1.54) is 0 Å². The van der Waals surface area contributed by atoms with Gasteiger partial charge in [-0.15, -0.1) is 0 Å². The minimum atomic E-state index is -1.17. The van der Waals surface area contributed by atoms with Gasteiger partial charge in [-0.1, -0.05) is 52.3 Å². The van der Waals surface area contributed by atoms with Gasteiger partial charge in [-0.2, -0.15) is 0 Å². The maximum absolute atomic E-state index is 13.5. The van der Waals surface area contributed by atoms with E-state index in [-0.39, 0.29) is 25.2 Å². The van der Waals surface area contributed by atoms with Gasteiger partial charge in [-0.05, 0) is 29.9 Å². The van der Waals surface area contributed by atoms with E-state index in [2.05, 4.69) is 20.9 Å². The molecule has 1 aromatic heterocycles. The largest absolute Gasteiger partial charge is 0.481 e. The molecule has 214 valence electrons. The van der Waals surface area contributed by atoms with Crippen molar-refractivity contribution in [3.05, 3.63) is 36.0 Å². The monoisotopic (exact) mass is 545 g/mol. The van der Waals surface area contributed by atoms with Crippen molar-refractivity contribution >= 4 is 40.6 Å². The van der Waals surface area contributed by atoms with Crippen molar-refractivity contribution in [2.75, 3.05) is 0 Å². The van der Waals surface area contributed by atoms with Crippen LogP contribution in [0.5, 0.6) is 0 Å². The SMILES string of the molecule is CCC(C)C(NC(=O)C(NC(=O)C(Cc1c[nH]c2ccccc12)NC(=O)C(N)CCC(=O)O)C(C)C)C(=O)O. The molecule has 1 heterocycles. The Kier molecular flexibility index (Phi) is 11.5. The van der Waals surface area contributed by atoms with Crippen molar-refractivity contribution < 1.29 is 34.2 Å². The van der Waals surface area contributed by atoms with Crippen LogP contribution in [0.2, 0.25) is 0 Å². The summed E-state index contributed by atoms with van der Waals surface area (Å²) in [6.07, 6.45) is 1.87. The summed E-state index contributed by atoms with van der Waals surface area (Å²) in [5.41, 5.74) is 7.44. The van der Waals surface area contributed by atoms with Gasteiger partial charge in [0.15, 0.2) is 0 Å². The van der Waals surface area contributed by atoms with E-state index >= 15 is 0 Å². The highest BCUT2D eigenvalue weighted by Crippen LogP contribution is 2.19. The number of nitrogens with two attached hydrogens (primary N) is 1. The number of carboxylic acids is 2. The fourth-order valence-corrected chi connectivity index (χ4v) is 4.13. The summed E-state index contributed by atoms with van der Waals surface area (Å²) in [5, 5.41) is 27.1. The number of aromatic nitrogens is 1. The smallest absolute Gasteiger partial charge is 0.326 e. The van der Waals surface area contributed by atoms with Crippen LogP contribution in [0.4, 0.5) is 0 Å². The molecule has 0 aliphatic rings. The summed E-state index contributed by atoms with van der Waals surface area (Å²) in [6, 6.07) is 2.91. The molecule has 0 spiro atoms. The second kappa shape index (κ2) is 14.3. The molecule has 8 N–H and O–H groups in total. The van der Waals surface area contributed by atoms with Crippen molar-refractivity contribution in [3.8, 4) is 0 Å². The van der Waals surface area contributed by atoms with Crippen LogP contribution in [0, 0.1) is 11.8 Å². The number of carbonyl (C=O) groups excluding carboxylic acids is 3. The summed E-state index contributed by atoms with van der Waals surface area (Å²) in [7, 11) is 0. The number of carbonyl (C=O) groups is 5. The standard InChI is InChI=1S/C27H39N5O7/c1-5-15(4)23(27(38)39)32-26(37)22(14(2)3)31-25(36)20(30-24(35)18(28)10-11-21(33)34)12-16-13-29-19-9-7-6-8-17(16)19/h6-9,13-15,18,20,22-23,29H,5,10-12,28H2,1-4H3,(H,30,35)(H,31,36)(H,32,37)(H,33,34)(H,38,39). The van der Waals surface area contributed by atoms with E-state index in [1.807, 2.05) is 31.2 Å². The Balaban J connectivity index is 2.29. The maximum atomic E-state index is 13.5. The Morgan fingerprint density at radius 3 is 2.15 bits per heavy atom. The lowest BCUT2D eigenvalue weighted by molar-refractivity contribution is -0.144. The lowest BCUT2D eigenvalue weighted by atomic mass is 9.97. The number of fused-ring (bicyclic) bond motifs is 1. The molecule has 2 aromatic rings. The molecule has 5 atom stereocenters. The summed E-state index contributed by atoms with van der Waals surface area (Å²) in [4.78, 5) is 65.1. The number of aromatic amines is 1. The van der Waals surface area contributed by atoms with Crippen molar-refractivity contribution in [2.45, 2.75) is 77.5 Å². The first-order chi connectivity index (χ1) is 18.3. The molecule has 39 heavy (non-hydrogen) atoms. The van der Waals surface area contributed by atoms with E-state index in [9.17, 15) is 29.1 Å². The minimum absolute atomic E-state index is 0.0598. The lowest BCUT2D eigenvalue weighted by Gasteiger charge is -2.28. The topological polar surface area (TPSA) is 204 Å². The van der Waals surface area contributed by atoms with Gasteiger partial charge in [-0.25, -0.2) is 4.79 Å². The van der Waals surface area contributed by atoms with Crippen LogP contribution in [0.25, 0.3) is 10.9 Å². The number of nitrogens with one attached hydrogen (secondary N) is 4. The Labute approximate surface area is 227 Å². The average Bonchev–Trinajstić information content (AvgIpc) is 3.29. The molecule has 0 saturated carbocycles. The minimum Gasteiger partial charge on any atom is -0.481 e. The molecule has 12 nitrogen and oxygen atoms in total. The van der Waals surface area contributed by atoms with Crippen LogP contribution < -0.4 is 21.7 Å². The zero-order chi connectivity index (χ0) is 29.3. The normalized spacial score (nSPS) is 15.1. The van der Waals surface area contributed by atoms with Crippen molar-refractivity contribution in [1.82, 2.24) is 20.9 Å². The third kappa shape index (κ3) is 8.81. The zero-order valence-electron chi connectivity index (χ0n) is 22.7. The predicted molar refractivity (Wildman–Crippen MR) is 145 cm³/mol. The van der Waals surface area contributed by atoms with Crippen LogP contribution in [0.3, 0.4) is 0 Å². The van der Waals surface area contributed by atoms with E-state index < -0.39 is 59.7 Å². The molecular weight excluding hydrogens is 506 g/mol. The van der Waals surface area contributed by atoms with Gasteiger partial charge in [0.25, 0.3) is 0 Å². The first-order valence-corrected chi connectivity index (χ1v) is 13.0. The van der Waals surface area contributed by atoms with E-state index in [4.69, 9.17) is 10.8 Å². The number of aliphatic carboxylic acids is 2. The molecule has 2 rings (SSSR count). The lowest BCUT2D eigenvalue weighted by Crippen LogP contribution is -2.59. The molecule has 5 unspecified atom stereocenters. The third-order valence-electron chi connectivity index (χ3n) is 6.76. The summed E-state index contributed by atoms with van der Waals surface area (Å²) in [6.45, 7) is 6.94. The molecule has 0 radical (unpaired) electrons. The number of hydrogen-bond acceptors (Lipinski definition) is 6. The Morgan fingerprint density at radius 1 is 0.923 bits per heavy atom. The molecule has 0 aliphatic carbocycles. The molecular formula is C27H39N5O7. The fraction of sp³-hybridized carbons (Fsp3) is 0.519. The van der Waals surface area contributed by atoms with Crippen LogP contribution in [-0.4, -0.2) is 69.0 Å². The van der Waals surface area contributed by atoms with Gasteiger partial charge in [0, 0.05) is 29.9 Å². The number of H-pyrrole nitrogens is 1. The summed E-state index contributed by atoms with van der Waals surface area (Å²) < 4.78 is 0. The van der Waals surface area contributed by atoms with E-state index in [0.717, 1.165) is 16.5 Å². The zero-order valence-corrected chi connectivity index (χ0v) is 22.7. The highest BCUT2D eigenvalue weighted by molar-refractivity contribution is 5.95. The highest BCUT2D eigenvalue weighted by Gasteiger charge is 2.33. The number of rotatable bonds is 15. The average molecular weight is 546 g/mol. The summed E-state index contributed by atoms with van der Waals surface area (Å²) >= 11 is 0. The molecule has 0 bridgehead atoms. The van der Waals surface area contributed by atoms with Crippen molar-refractivity contribution in [3.63, 3.8) is 0 Å². The van der Waals surface area contributed by atoms with Crippen LogP contribution >= 0.6 is 0 Å². The van der Waals surface area contributed by atoms with Gasteiger partial charge in [-0.3, -0.25) is 19.2 Å². The Morgan fingerprint density at radius 2 is 1.56 bits per heavy atom. The van der Waals surface area contributed by atoms with E-state index in [1.54, 1.807) is 27.0 Å². The second-order valence-corrected chi connectivity index (χ2v) is 10.1. The quantitative estimate of drug-likeness (QED) is 0.172. The number of amides is 3. The van der Waals surface area contributed by atoms with Crippen LogP contribution in [-0.2, 0) is 30.4 Å². The second-order valence-electron chi connectivity index (χ2n) is 10.1. The van der Waals surface area contributed by atoms with Crippen molar-refractivity contribution in [2.24, 2.45) is 17.6 Å². The summed E-state index contributed by atoms with van der Waals surface area (Å²) in [5.74, 6) is -5.03. The van der Waals surface area contributed by atoms with Gasteiger partial charge in [0.2, 0.25) is 17.7 Å². The van der Waals surface area contributed by atoms with Crippen LogP contribution in [0.15, 0.2) is 30.5 Å². The highest BCUT2D eigenvalue weighted by atomic mass is 16.4. The fourth-order valence-electron chi connectivity index (χ4n) is 4.13. The number of hydrogen-bond donors (Lipinski definition) is 7. The Bertz CT molecular complexity index is 1180. The maximum Gasteiger partial charge on any atom is 0.326 e. The molecule has 0 saturated heterocycles. The number of carboxylic acid groups (broad SMARTS) is 2. The van der Waals surface area contributed by atoms with Crippen molar-refractivity contribution in [1.29, 1.82) is 0 Å². The van der Waals surface area contributed by atoms with Gasteiger partial charge >= 0.3 is 11.9 Å². The third-order valence-corrected chi connectivity index (χ3v) is 6.76. The number of para-hydroxylation sites is 1. The molecule has 3 amide bonds. The first-order valence-electron chi connectivity index (χ1n) is 13.0. The predicted octanol–water partition coefficient (Wildman–Crippen LogP) is 1.14. The molecule has 0 aliphatic heterocycles. The van der Waals surface area contributed by atoms with Crippen LogP contribution in [0.1, 0.15) is 52.5 Å². The molecule has 0 fully saturated rings. The Hall–Kier alpha value is -3.93. The van der Waals surface area contributed by atoms with Gasteiger partial charge in [0.05, 0.1) is 6.04 Å².